The molecule has 1 aromatic heterocycles. The van der Waals surface area contributed by atoms with Crippen molar-refractivity contribution in [3.8, 4) is 0 Å². The zero-order valence-electron chi connectivity index (χ0n) is 14.6. The molecule has 1 aliphatic rings. The number of fused-ring (bicyclic) bond motifs is 1. The molecule has 1 aliphatic heterocycles. The first-order chi connectivity index (χ1) is 13.2. The monoisotopic (exact) mass is 358 g/mol. The maximum atomic E-state index is 12.5. The Hall–Kier alpha value is -3.47. The van der Waals surface area contributed by atoms with Gasteiger partial charge in [0.25, 0.3) is 5.91 Å². The third-order valence-corrected chi connectivity index (χ3v) is 4.57. The van der Waals surface area contributed by atoms with Crippen LogP contribution in [0.4, 0.5) is 0 Å². The molecule has 1 unspecified atom stereocenters. The lowest BCUT2D eigenvalue weighted by Crippen LogP contribution is -2.25. The van der Waals surface area contributed by atoms with Gasteiger partial charge in [-0.2, -0.15) is 0 Å². The largest absolute Gasteiger partial charge is 0.454 e. The minimum atomic E-state index is -0.356. The number of carbonyl (C=O) groups is 2. The second kappa shape index (κ2) is 7.41. The molecule has 5 nitrogen and oxygen atoms in total. The normalized spacial score (nSPS) is 15.6. The molecule has 1 N–H and O–H groups in total. The maximum absolute atomic E-state index is 12.5. The van der Waals surface area contributed by atoms with Gasteiger partial charge in [0.15, 0.2) is 0 Å². The average molecular weight is 358 g/mol. The molecule has 27 heavy (non-hydrogen) atoms. The number of esters is 1. The summed E-state index contributed by atoms with van der Waals surface area (Å²) in [5.41, 5.74) is 3.60. The van der Waals surface area contributed by atoms with Gasteiger partial charge in [-0.25, -0.2) is 4.79 Å². The molecular weight excluding hydrogens is 340 g/mol. The van der Waals surface area contributed by atoms with Crippen LogP contribution in [0.15, 0.2) is 72.9 Å². The number of ether oxygens (including phenoxy) is 1. The predicted molar refractivity (Wildman–Crippen MR) is 100 cm³/mol. The van der Waals surface area contributed by atoms with E-state index in [9.17, 15) is 9.59 Å². The lowest BCUT2D eigenvalue weighted by atomic mass is 9.93. The Morgan fingerprint density at radius 3 is 2.67 bits per heavy atom. The van der Waals surface area contributed by atoms with Gasteiger partial charge >= 0.3 is 5.97 Å². The summed E-state index contributed by atoms with van der Waals surface area (Å²) in [5.74, 6) is -0.552. The van der Waals surface area contributed by atoms with Crippen molar-refractivity contribution < 1.29 is 14.3 Å². The fourth-order valence-corrected chi connectivity index (χ4v) is 3.17. The van der Waals surface area contributed by atoms with Gasteiger partial charge < -0.3 is 10.1 Å². The lowest BCUT2D eigenvalue weighted by molar-refractivity contribution is 0.0252. The number of nitrogens with zero attached hydrogens (tertiary/aromatic N) is 1. The van der Waals surface area contributed by atoms with Crippen LogP contribution in [0.3, 0.4) is 0 Å². The summed E-state index contributed by atoms with van der Waals surface area (Å²) in [6.45, 7) is 0.353. The summed E-state index contributed by atoms with van der Waals surface area (Å²) >= 11 is 0. The predicted octanol–water partition coefficient (Wildman–Crippen LogP) is 3.47. The second-order valence-electron chi connectivity index (χ2n) is 6.38. The van der Waals surface area contributed by atoms with E-state index in [1.165, 1.54) is 0 Å². The first-order valence-electron chi connectivity index (χ1n) is 8.77. The van der Waals surface area contributed by atoms with Crippen molar-refractivity contribution in [2.75, 3.05) is 0 Å². The number of nitrogens with one attached hydrogen (secondary N) is 1. The van der Waals surface area contributed by atoms with E-state index < -0.39 is 0 Å². The van der Waals surface area contributed by atoms with Gasteiger partial charge in [0.05, 0.1) is 17.8 Å². The number of amides is 1. The van der Waals surface area contributed by atoms with Crippen molar-refractivity contribution in [2.45, 2.75) is 19.1 Å². The van der Waals surface area contributed by atoms with E-state index in [-0.39, 0.29) is 18.0 Å². The summed E-state index contributed by atoms with van der Waals surface area (Å²) in [6.07, 6.45) is 1.90. The number of benzene rings is 2. The average Bonchev–Trinajstić information content (AvgIpc) is 2.73. The summed E-state index contributed by atoms with van der Waals surface area (Å²) in [6, 6.07) is 20.3. The van der Waals surface area contributed by atoms with Crippen LogP contribution in [0.1, 0.15) is 43.6 Å². The Balaban J connectivity index is 1.52. The summed E-state index contributed by atoms with van der Waals surface area (Å²) in [4.78, 5) is 29.0. The highest BCUT2D eigenvalue weighted by molar-refractivity contribution is 5.97. The van der Waals surface area contributed by atoms with E-state index in [0.29, 0.717) is 24.1 Å². The first kappa shape index (κ1) is 17.0. The zero-order valence-corrected chi connectivity index (χ0v) is 14.6. The third kappa shape index (κ3) is 3.72. The van der Waals surface area contributed by atoms with E-state index >= 15 is 0 Å². The van der Waals surface area contributed by atoms with Crippen molar-refractivity contribution in [3.05, 3.63) is 101 Å². The first-order valence-corrected chi connectivity index (χ1v) is 8.77. The van der Waals surface area contributed by atoms with Crippen molar-refractivity contribution in [1.29, 1.82) is 0 Å². The van der Waals surface area contributed by atoms with E-state index in [1.807, 2.05) is 48.5 Å². The number of hydrogen-bond donors (Lipinski definition) is 1. The van der Waals surface area contributed by atoms with E-state index in [0.717, 1.165) is 16.8 Å². The van der Waals surface area contributed by atoms with E-state index in [2.05, 4.69) is 10.3 Å². The van der Waals surface area contributed by atoms with Crippen LogP contribution in [0, 0.1) is 0 Å². The Labute approximate surface area is 157 Å². The molecule has 0 saturated carbocycles. The highest BCUT2D eigenvalue weighted by Crippen LogP contribution is 2.31. The van der Waals surface area contributed by atoms with Crippen LogP contribution in [0.5, 0.6) is 0 Å². The lowest BCUT2D eigenvalue weighted by Gasteiger charge is -2.25. The molecule has 0 aliphatic carbocycles. The molecule has 1 amide bonds. The van der Waals surface area contributed by atoms with Crippen LogP contribution < -0.4 is 5.32 Å². The van der Waals surface area contributed by atoms with Gasteiger partial charge in [0.2, 0.25) is 0 Å². The molecule has 5 heteroatoms. The molecule has 0 fully saturated rings. The zero-order chi connectivity index (χ0) is 18.6. The SMILES string of the molecule is O=C(NCc1ccccn1)c1ccc2c(c1)CC(c1ccccc1)OC2=O. The van der Waals surface area contributed by atoms with Crippen LogP contribution >= 0.6 is 0 Å². The van der Waals surface area contributed by atoms with Crippen molar-refractivity contribution in [3.63, 3.8) is 0 Å². The minimum Gasteiger partial charge on any atom is -0.454 e. The molecule has 2 heterocycles. The van der Waals surface area contributed by atoms with Gasteiger partial charge in [-0.05, 0) is 41.5 Å². The Bertz CT molecular complexity index is 971. The molecule has 0 radical (unpaired) electrons. The molecule has 0 saturated heterocycles. The molecule has 0 spiro atoms. The number of aromatic nitrogens is 1. The minimum absolute atomic E-state index is 0.196. The Morgan fingerprint density at radius 2 is 1.89 bits per heavy atom. The second-order valence-corrected chi connectivity index (χ2v) is 6.38. The van der Waals surface area contributed by atoms with Crippen LogP contribution in [-0.2, 0) is 17.7 Å². The van der Waals surface area contributed by atoms with Crippen molar-refractivity contribution in [2.24, 2.45) is 0 Å². The maximum Gasteiger partial charge on any atom is 0.339 e. The number of hydrogen-bond acceptors (Lipinski definition) is 4. The number of rotatable bonds is 4. The third-order valence-electron chi connectivity index (χ3n) is 4.57. The van der Waals surface area contributed by atoms with Gasteiger partial charge in [-0.15, -0.1) is 0 Å². The topological polar surface area (TPSA) is 68.3 Å². The van der Waals surface area contributed by atoms with E-state index in [1.54, 1.807) is 24.4 Å². The van der Waals surface area contributed by atoms with Gasteiger partial charge in [0, 0.05) is 18.2 Å². The summed E-state index contributed by atoms with van der Waals surface area (Å²) in [5, 5.41) is 2.86. The number of carbonyl (C=O) groups excluding carboxylic acids is 2. The molecule has 1 atom stereocenters. The highest BCUT2D eigenvalue weighted by Gasteiger charge is 2.28. The number of pyridine rings is 1. The fraction of sp³-hybridized carbons (Fsp3) is 0.136. The molecule has 2 aromatic carbocycles. The van der Waals surface area contributed by atoms with Crippen molar-refractivity contribution in [1.82, 2.24) is 10.3 Å². The standard InChI is InChI=1S/C22H18N2O3/c25-21(24-14-18-8-4-5-11-23-18)16-9-10-19-17(12-16)13-20(27-22(19)26)15-6-2-1-3-7-15/h1-12,20H,13-14H2,(H,24,25). The highest BCUT2D eigenvalue weighted by atomic mass is 16.5. The Morgan fingerprint density at radius 1 is 1.07 bits per heavy atom. The summed E-state index contributed by atoms with van der Waals surface area (Å²) in [7, 11) is 0. The van der Waals surface area contributed by atoms with Gasteiger partial charge in [0.1, 0.15) is 6.10 Å². The number of cyclic esters (lactones) is 1. The van der Waals surface area contributed by atoms with Crippen LogP contribution in [0.25, 0.3) is 0 Å². The molecule has 4 rings (SSSR count). The van der Waals surface area contributed by atoms with Gasteiger partial charge in [-0.3, -0.25) is 9.78 Å². The van der Waals surface area contributed by atoms with Crippen LogP contribution in [0.2, 0.25) is 0 Å². The Kier molecular flexibility index (Phi) is 4.66. The summed E-state index contributed by atoms with van der Waals surface area (Å²) < 4.78 is 5.56. The molecule has 0 bridgehead atoms. The van der Waals surface area contributed by atoms with Crippen molar-refractivity contribution >= 4 is 11.9 Å². The molecule has 134 valence electrons. The van der Waals surface area contributed by atoms with E-state index in [4.69, 9.17) is 4.74 Å². The van der Waals surface area contributed by atoms with Gasteiger partial charge in [-0.1, -0.05) is 36.4 Å². The van der Waals surface area contributed by atoms with Crippen LogP contribution in [-0.4, -0.2) is 16.9 Å². The molecule has 3 aromatic rings. The quantitative estimate of drug-likeness (QED) is 0.725. The smallest absolute Gasteiger partial charge is 0.339 e. The molecular formula is C22H18N2O3. The fourth-order valence-electron chi connectivity index (χ4n) is 3.17.